The Bertz CT molecular complexity index is 506. The molecule has 7 nitrogen and oxygen atoms in total. The van der Waals surface area contributed by atoms with Gasteiger partial charge >= 0.3 is 0 Å². The molecule has 1 aliphatic carbocycles. The first kappa shape index (κ1) is 17.2. The summed E-state index contributed by atoms with van der Waals surface area (Å²) < 4.78 is 10.3. The lowest BCUT2D eigenvalue weighted by atomic mass is 9.97. The number of hydrogen-bond donors (Lipinski definition) is 1. The number of nitrogens with zero attached hydrogens (tertiary/aromatic N) is 3. The number of amides is 1. The zero-order valence-corrected chi connectivity index (χ0v) is 13.6. The van der Waals surface area contributed by atoms with Crippen molar-refractivity contribution in [1.82, 2.24) is 15.0 Å². The molecular formula is C14H23ClN4O3. The number of piperidine rings is 1. The summed E-state index contributed by atoms with van der Waals surface area (Å²) in [6.45, 7) is 1.59. The van der Waals surface area contributed by atoms with Gasteiger partial charge in [-0.25, -0.2) is 0 Å². The number of likely N-dealkylation sites (tertiary alicyclic amines) is 1. The van der Waals surface area contributed by atoms with Crippen molar-refractivity contribution in [2.24, 2.45) is 5.73 Å². The van der Waals surface area contributed by atoms with Crippen LogP contribution in [-0.2, 0) is 9.53 Å². The van der Waals surface area contributed by atoms with Crippen LogP contribution >= 0.6 is 12.4 Å². The molecule has 1 saturated heterocycles. The summed E-state index contributed by atoms with van der Waals surface area (Å²) in [5.41, 5.74) is 5.83. The maximum absolute atomic E-state index is 12.2. The van der Waals surface area contributed by atoms with Crippen LogP contribution in [-0.4, -0.2) is 53.8 Å². The zero-order valence-electron chi connectivity index (χ0n) is 12.7. The van der Waals surface area contributed by atoms with Crippen LogP contribution in [0, 0.1) is 0 Å². The van der Waals surface area contributed by atoms with Gasteiger partial charge in [0.05, 0.1) is 6.61 Å². The van der Waals surface area contributed by atoms with Crippen molar-refractivity contribution < 1.29 is 14.1 Å². The van der Waals surface area contributed by atoms with Crippen molar-refractivity contribution in [2.75, 3.05) is 26.8 Å². The highest BCUT2D eigenvalue weighted by Gasteiger charge is 2.33. The van der Waals surface area contributed by atoms with Crippen molar-refractivity contribution in [3.05, 3.63) is 11.7 Å². The third-order valence-electron chi connectivity index (χ3n) is 4.15. The minimum Gasteiger partial charge on any atom is -0.383 e. The Morgan fingerprint density at radius 2 is 2.23 bits per heavy atom. The van der Waals surface area contributed by atoms with Gasteiger partial charge in [0.15, 0.2) is 5.82 Å². The van der Waals surface area contributed by atoms with Gasteiger partial charge in [0.1, 0.15) is 6.04 Å². The van der Waals surface area contributed by atoms with Gasteiger partial charge in [-0.15, -0.1) is 12.4 Å². The molecule has 8 heteroatoms. The van der Waals surface area contributed by atoms with E-state index >= 15 is 0 Å². The van der Waals surface area contributed by atoms with E-state index in [0.29, 0.717) is 12.5 Å². The summed E-state index contributed by atoms with van der Waals surface area (Å²) in [5.74, 6) is 2.03. The lowest BCUT2D eigenvalue weighted by molar-refractivity contribution is -0.135. The van der Waals surface area contributed by atoms with E-state index < -0.39 is 6.04 Å². The van der Waals surface area contributed by atoms with Gasteiger partial charge < -0.3 is 19.9 Å². The van der Waals surface area contributed by atoms with E-state index in [2.05, 4.69) is 10.1 Å². The molecule has 0 aromatic carbocycles. The fourth-order valence-corrected chi connectivity index (χ4v) is 2.78. The van der Waals surface area contributed by atoms with Crippen LogP contribution in [0.4, 0.5) is 0 Å². The Morgan fingerprint density at radius 1 is 1.45 bits per heavy atom. The Balaban J connectivity index is 0.00000176. The summed E-state index contributed by atoms with van der Waals surface area (Å²) in [6.07, 6.45) is 4.20. The van der Waals surface area contributed by atoms with Crippen LogP contribution in [0.3, 0.4) is 0 Å². The summed E-state index contributed by atoms with van der Waals surface area (Å²) in [7, 11) is 1.55. The lowest BCUT2D eigenvalue weighted by Gasteiger charge is -2.32. The Labute approximate surface area is 136 Å². The molecule has 124 valence electrons. The van der Waals surface area contributed by atoms with Crippen LogP contribution in [0.5, 0.6) is 0 Å². The summed E-state index contributed by atoms with van der Waals surface area (Å²) in [5, 5.41) is 4.10. The third kappa shape index (κ3) is 3.77. The van der Waals surface area contributed by atoms with E-state index in [9.17, 15) is 4.79 Å². The lowest BCUT2D eigenvalue weighted by Crippen LogP contribution is -2.49. The number of nitrogens with two attached hydrogens (primary N) is 1. The molecule has 0 bridgehead atoms. The highest BCUT2D eigenvalue weighted by molar-refractivity contribution is 5.85. The zero-order chi connectivity index (χ0) is 14.8. The summed E-state index contributed by atoms with van der Waals surface area (Å²) in [4.78, 5) is 18.5. The van der Waals surface area contributed by atoms with E-state index in [1.54, 1.807) is 12.0 Å². The predicted molar refractivity (Wildman–Crippen MR) is 81.9 cm³/mol. The topological polar surface area (TPSA) is 94.5 Å². The number of aromatic nitrogens is 2. The molecule has 2 unspecified atom stereocenters. The van der Waals surface area contributed by atoms with E-state index in [1.165, 1.54) is 0 Å². The molecule has 2 heterocycles. The molecule has 1 amide bonds. The van der Waals surface area contributed by atoms with E-state index in [0.717, 1.165) is 43.9 Å². The predicted octanol–water partition coefficient (Wildman–Crippen LogP) is 1.05. The first-order valence-corrected chi connectivity index (χ1v) is 7.56. The summed E-state index contributed by atoms with van der Waals surface area (Å²) >= 11 is 0. The number of rotatable bonds is 5. The molecule has 0 spiro atoms. The second-order valence-electron chi connectivity index (χ2n) is 5.95. The van der Waals surface area contributed by atoms with E-state index in [4.69, 9.17) is 15.0 Å². The second kappa shape index (κ2) is 7.39. The highest BCUT2D eigenvalue weighted by Crippen LogP contribution is 2.39. The van der Waals surface area contributed by atoms with Gasteiger partial charge in [0.25, 0.3) is 0 Å². The molecule has 1 aliphatic heterocycles. The first-order chi connectivity index (χ1) is 10.2. The van der Waals surface area contributed by atoms with Gasteiger partial charge in [-0.3, -0.25) is 4.79 Å². The smallest absolute Gasteiger partial charge is 0.241 e. The number of hydrogen-bond acceptors (Lipinski definition) is 6. The van der Waals surface area contributed by atoms with Gasteiger partial charge in [-0.1, -0.05) is 5.16 Å². The molecule has 2 N–H and O–H groups in total. The monoisotopic (exact) mass is 330 g/mol. The number of ether oxygens (including phenoxy) is 1. The maximum Gasteiger partial charge on any atom is 0.241 e. The van der Waals surface area contributed by atoms with Crippen molar-refractivity contribution in [1.29, 1.82) is 0 Å². The fourth-order valence-electron chi connectivity index (χ4n) is 2.78. The van der Waals surface area contributed by atoms with Crippen molar-refractivity contribution >= 4 is 18.3 Å². The standard InChI is InChI=1S/C14H22N4O3.ClH/c1-20-8-11(15)14(19)18-6-2-3-10(7-18)12-16-13(21-17-12)9-4-5-9;/h9-11H,2-8,15H2,1H3;1H. The fraction of sp³-hybridized carbons (Fsp3) is 0.786. The molecular weight excluding hydrogens is 308 g/mol. The van der Waals surface area contributed by atoms with Crippen molar-refractivity contribution in [3.8, 4) is 0 Å². The molecule has 2 aliphatic rings. The van der Waals surface area contributed by atoms with Crippen molar-refractivity contribution in [2.45, 2.75) is 43.6 Å². The minimum atomic E-state index is -0.596. The number of halogens is 1. The van der Waals surface area contributed by atoms with Crippen LogP contribution in [0.25, 0.3) is 0 Å². The van der Waals surface area contributed by atoms with Gasteiger partial charge in [-0.05, 0) is 25.7 Å². The first-order valence-electron chi connectivity index (χ1n) is 7.56. The molecule has 1 aromatic rings. The van der Waals surface area contributed by atoms with Gasteiger partial charge in [0.2, 0.25) is 11.8 Å². The molecule has 2 fully saturated rings. The molecule has 3 rings (SSSR count). The van der Waals surface area contributed by atoms with E-state index in [-0.39, 0.29) is 30.8 Å². The van der Waals surface area contributed by atoms with Crippen LogP contribution < -0.4 is 5.73 Å². The SMILES string of the molecule is COCC(N)C(=O)N1CCCC(c2noc(C3CC3)n2)C1.Cl. The Hall–Kier alpha value is -1.18. The largest absolute Gasteiger partial charge is 0.383 e. The normalized spacial score (nSPS) is 23.0. The number of methoxy groups -OCH3 is 1. The quantitative estimate of drug-likeness (QED) is 0.867. The highest BCUT2D eigenvalue weighted by atomic mass is 35.5. The van der Waals surface area contributed by atoms with Gasteiger partial charge in [-0.2, -0.15) is 4.98 Å². The minimum absolute atomic E-state index is 0. The number of carbonyl (C=O) groups is 1. The summed E-state index contributed by atoms with van der Waals surface area (Å²) in [6, 6.07) is -0.596. The van der Waals surface area contributed by atoms with Crippen molar-refractivity contribution in [3.63, 3.8) is 0 Å². The molecule has 22 heavy (non-hydrogen) atoms. The Kier molecular flexibility index (Phi) is 5.77. The van der Waals surface area contributed by atoms with E-state index in [1.807, 2.05) is 0 Å². The third-order valence-corrected chi connectivity index (χ3v) is 4.15. The van der Waals surface area contributed by atoms with Crippen LogP contribution in [0.1, 0.15) is 49.2 Å². The average Bonchev–Trinajstić information content (AvgIpc) is 3.24. The maximum atomic E-state index is 12.2. The molecule has 1 saturated carbocycles. The Morgan fingerprint density at radius 3 is 2.91 bits per heavy atom. The molecule has 1 aromatic heterocycles. The van der Waals surface area contributed by atoms with Crippen LogP contribution in [0.2, 0.25) is 0 Å². The molecule has 0 radical (unpaired) electrons. The second-order valence-corrected chi connectivity index (χ2v) is 5.95. The van der Waals surface area contributed by atoms with Crippen LogP contribution in [0.15, 0.2) is 4.52 Å². The number of carbonyl (C=O) groups excluding carboxylic acids is 1. The van der Waals surface area contributed by atoms with Gasteiger partial charge in [0, 0.05) is 32.0 Å². The average molecular weight is 331 g/mol. The molecule has 2 atom stereocenters.